The molecule has 0 bridgehead atoms. The fourth-order valence-corrected chi connectivity index (χ4v) is 1.98. The van der Waals surface area contributed by atoms with Crippen molar-refractivity contribution in [3.05, 3.63) is 35.5 Å². The number of carboxylic acids is 1. The van der Waals surface area contributed by atoms with E-state index in [1.807, 2.05) is 0 Å². The van der Waals surface area contributed by atoms with Crippen molar-refractivity contribution in [2.45, 2.75) is 26.1 Å². The Labute approximate surface area is 114 Å². The third kappa shape index (κ3) is 2.42. The fourth-order valence-electron chi connectivity index (χ4n) is 1.98. The van der Waals surface area contributed by atoms with Crippen LogP contribution >= 0.6 is 0 Å². The summed E-state index contributed by atoms with van der Waals surface area (Å²) in [7, 11) is 0. The molecule has 1 aliphatic heterocycles. The molecule has 7 heteroatoms. The van der Waals surface area contributed by atoms with E-state index in [-0.39, 0.29) is 6.61 Å². The normalized spacial score (nSPS) is 16.6. The maximum atomic E-state index is 10.9. The van der Waals surface area contributed by atoms with E-state index in [0.717, 1.165) is 5.56 Å². The zero-order chi connectivity index (χ0) is 14.1. The maximum Gasteiger partial charge on any atom is 0.345 e. The number of rotatable bonds is 4. The highest BCUT2D eigenvalue weighted by atomic mass is 16.5. The Bertz CT molecular complexity index is 652. The number of carboxylic acid groups (broad SMARTS) is 1. The van der Waals surface area contributed by atoms with Gasteiger partial charge in [0.05, 0.1) is 0 Å². The average molecular weight is 276 g/mol. The van der Waals surface area contributed by atoms with Crippen molar-refractivity contribution in [2.75, 3.05) is 0 Å². The third-order valence-corrected chi connectivity index (χ3v) is 2.92. The molecule has 2 aromatic rings. The van der Waals surface area contributed by atoms with Gasteiger partial charge in [-0.15, -0.1) is 10.2 Å². The summed E-state index contributed by atoms with van der Waals surface area (Å²) in [5.41, 5.74) is 0.860. The summed E-state index contributed by atoms with van der Waals surface area (Å²) in [6, 6.07) is 5.23. The topological polar surface area (TPSA) is 94.7 Å². The quantitative estimate of drug-likeness (QED) is 0.900. The van der Waals surface area contributed by atoms with Crippen LogP contribution in [0.15, 0.2) is 22.6 Å². The first-order valence-corrected chi connectivity index (χ1v) is 6.06. The molecule has 1 N–H and O–H groups in total. The first-order valence-electron chi connectivity index (χ1n) is 6.06. The molecule has 0 amide bonds. The lowest BCUT2D eigenvalue weighted by Gasteiger charge is -2.06. The zero-order valence-corrected chi connectivity index (χ0v) is 10.7. The SMILES string of the molecule is Cc1nnc(COc2ccc3c(c2)OC(C(=O)O)C3)o1. The summed E-state index contributed by atoms with van der Waals surface area (Å²) in [5, 5.41) is 16.4. The molecule has 1 unspecified atom stereocenters. The van der Waals surface area contributed by atoms with Gasteiger partial charge in [-0.05, 0) is 11.6 Å². The molecule has 1 aromatic carbocycles. The standard InChI is InChI=1S/C13H12N2O5/c1-7-14-15-12(19-7)6-18-9-3-2-8-4-11(13(16)17)20-10(8)5-9/h2-3,5,11H,4,6H2,1H3,(H,16,17). The van der Waals surface area contributed by atoms with Crippen LogP contribution in [0.3, 0.4) is 0 Å². The van der Waals surface area contributed by atoms with Crippen molar-refractivity contribution in [2.24, 2.45) is 0 Å². The zero-order valence-electron chi connectivity index (χ0n) is 10.7. The van der Waals surface area contributed by atoms with Gasteiger partial charge in [-0.2, -0.15) is 0 Å². The minimum atomic E-state index is -0.968. The number of hydrogen-bond donors (Lipinski definition) is 1. The van der Waals surface area contributed by atoms with E-state index in [4.69, 9.17) is 19.0 Å². The molecule has 7 nitrogen and oxygen atoms in total. The van der Waals surface area contributed by atoms with Crippen molar-refractivity contribution in [3.8, 4) is 11.5 Å². The highest BCUT2D eigenvalue weighted by Gasteiger charge is 2.28. The molecule has 0 saturated heterocycles. The second-order valence-corrected chi connectivity index (χ2v) is 4.42. The van der Waals surface area contributed by atoms with Crippen LogP contribution in [0, 0.1) is 6.92 Å². The van der Waals surface area contributed by atoms with Gasteiger partial charge in [0.25, 0.3) is 5.89 Å². The molecule has 0 spiro atoms. The molecule has 1 atom stereocenters. The Morgan fingerprint density at radius 2 is 2.35 bits per heavy atom. The Morgan fingerprint density at radius 3 is 3.05 bits per heavy atom. The smallest absolute Gasteiger partial charge is 0.345 e. The lowest BCUT2D eigenvalue weighted by Crippen LogP contribution is -2.24. The summed E-state index contributed by atoms with van der Waals surface area (Å²) < 4.78 is 16.0. The molecule has 1 aliphatic rings. The number of nitrogens with zero attached hydrogens (tertiary/aromatic N) is 2. The van der Waals surface area contributed by atoms with Gasteiger partial charge in [0, 0.05) is 19.4 Å². The lowest BCUT2D eigenvalue weighted by molar-refractivity contribution is -0.144. The summed E-state index contributed by atoms with van der Waals surface area (Å²) in [6.45, 7) is 1.85. The van der Waals surface area contributed by atoms with Crippen LogP contribution in [0.2, 0.25) is 0 Å². The van der Waals surface area contributed by atoms with Crippen molar-refractivity contribution in [1.82, 2.24) is 10.2 Å². The maximum absolute atomic E-state index is 10.9. The van der Waals surface area contributed by atoms with Gasteiger partial charge >= 0.3 is 5.97 Å². The number of hydrogen-bond acceptors (Lipinski definition) is 6. The molecular weight excluding hydrogens is 264 g/mol. The molecule has 2 heterocycles. The third-order valence-electron chi connectivity index (χ3n) is 2.92. The van der Waals surface area contributed by atoms with Gasteiger partial charge in [0.15, 0.2) is 12.7 Å². The monoisotopic (exact) mass is 276 g/mol. The Balaban J connectivity index is 1.68. The van der Waals surface area contributed by atoms with Crippen molar-refractivity contribution in [1.29, 1.82) is 0 Å². The molecule has 20 heavy (non-hydrogen) atoms. The van der Waals surface area contributed by atoms with Gasteiger partial charge in [-0.1, -0.05) is 6.07 Å². The van der Waals surface area contributed by atoms with Gasteiger partial charge in [-0.25, -0.2) is 4.79 Å². The number of fused-ring (bicyclic) bond motifs is 1. The van der Waals surface area contributed by atoms with Gasteiger partial charge in [-0.3, -0.25) is 0 Å². The van der Waals surface area contributed by atoms with Crippen molar-refractivity contribution in [3.63, 3.8) is 0 Å². The van der Waals surface area contributed by atoms with Crippen LogP contribution in [0.1, 0.15) is 17.3 Å². The van der Waals surface area contributed by atoms with E-state index < -0.39 is 12.1 Å². The molecule has 3 rings (SSSR count). The van der Waals surface area contributed by atoms with E-state index >= 15 is 0 Å². The minimum absolute atomic E-state index is 0.155. The number of aromatic nitrogens is 2. The number of carbonyl (C=O) groups is 1. The van der Waals surface area contributed by atoms with E-state index in [1.165, 1.54) is 0 Å². The largest absolute Gasteiger partial charge is 0.484 e. The molecule has 0 fully saturated rings. The molecular formula is C13H12N2O5. The second-order valence-electron chi connectivity index (χ2n) is 4.42. The minimum Gasteiger partial charge on any atom is -0.484 e. The molecule has 0 saturated carbocycles. The molecule has 104 valence electrons. The van der Waals surface area contributed by atoms with E-state index in [9.17, 15) is 4.79 Å². The van der Waals surface area contributed by atoms with Gasteiger partial charge in [0.2, 0.25) is 5.89 Å². The predicted octanol–water partition coefficient (Wildman–Crippen LogP) is 1.35. The first-order chi connectivity index (χ1) is 9.61. The number of aliphatic carboxylic acids is 1. The van der Waals surface area contributed by atoms with Gasteiger partial charge < -0.3 is 19.0 Å². The van der Waals surface area contributed by atoms with E-state index in [2.05, 4.69) is 10.2 Å². The molecule has 0 radical (unpaired) electrons. The number of ether oxygens (including phenoxy) is 2. The van der Waals surface area contributed by atoms with Crippen LogP contribution < -0.4 is 9.47 Å². The number of benzene rings is 1. The van der Waals surface area contributed by atoms with E-state index in [1.54, 1.807) is 25.1 Å². The Kier molecular flexibility index (Phi) is 3.02. The van der Waals surface area contributed by atoms with Crippen LogP contribution in [0.25, 0.3) is 0 Å². The summed E-state index contributed by atoms with van der Waals surface area (Å²) in [6.07, 6.45) is -0.452. The Morgan fingerprint density at radius 1 is 1.50 bits per heavy atom. The first kappa shape index (κ1) is 12.5. The average Bonchev–Trinajstić information content (AvgIpc) is 3.01. The summed E-state index contributed by atoms with van der Waals surface area (Å²) in [5.74, 6) is 0.991. The van der Waals surface area contributed by atoms with Gasteiger partial charge in [0.1, 0.15) is 11.5 Å². The van der Waals surface area contributed by atoms with Crippen LogP contribution in [0.4, 0.5) is 0 Å². The summed E-state index contributed by atoms with van der Waals surface area (Å²) >= 11 is 0. The van der Waals surface area contributed by atoms with Crippen LogP contribution in [0.5, 0.6) is 11.5 Å². The van der Waals surface area contributed by atoms with Crippen LogP contribution in [-0.4, -0.2) is 27.4 Å². The lowest BCUT2D eigenvalue weighted by atomic mass is 10.1. The van der Waals surface area contributed by atoms with E-state index in [0.29, 0.717) is 29.7 Å². The van der Waals surface area contributed by atoms with Crippen molar-refractivity contribution >= 4 is 5.97 Å². The fraction of sp³-hybridized carbons (Fsp3) is 0.308. The molecule has 0 aliphatic carbocycles. The molecule has 1 aromatic heterocycles. The van der Waals surface area contributed by atoms with Crippen molar-refractivity contribution < 1.29 is 23.8 Å². The number of aryl methyl sites for hydroxylation is 1. The summed E-state index contributed by atoms with van der Waals surface area (Å²) in [4.78, 5) is 10.9. The highest BCUT2D eigenvalue weighted by Crippen LogP contribution is 2.32. The highest BCUT2D eigenvalue weighted by molar-refractivity contribution is 5.74. The Hall–Kier alpha value is -2.57. The predicted molar refractivity (Wildman–Crippen MR) is 65.6 cm³/mol. The second kappa shape index (κ2) is 4.84. The van der Waals surface area contributed by atoms with Crippen LogP contribution in [-0.2, 0) is 17.8 Å².